The number of unbranched alkanes of at least 4 members (excludes halogenated alkanes) is 14. The van der Waals surface area contributed by atoms with E-state index in [1.54, 1.807) is 0 Å². The zero-order valence-electron chi connectivity index (χ0n) is 43.1. The van der Waals surface area contributed by atoms with E-state index < -0.39 is 38.6 Å². The molecule has 0 saturated heterocycles. The Kier molecular flexibility index (Phi) is 23.6. The predicted molar refractivity (Wildman–Crippen MR) is 263 cm³/mol. The molecule has 0 aromatic rings. The number of phosphoric ester groups is 1. The molecule has 3 fully saturated rings. The zero-order valence-corrected chi connectivity index (χ0v) is 44.0. The van der Waals surface area contributed by atoms with Gasteiger partial charge in [-0.1, -0.05) is 162 Å². The van der Waals surface area contributed by atoms with E-state index in [-0.39, 0.29) is 24.5 Å². The number of aliphatic carboxylic acids is 1. The van der Waals surface area contributed by atoms with Gasteiger partial charge in [0.25, 0.3) is 0 Å². The van der Waals surface area contributed by atoms with Crippen molar-refractivity contribution in [3.63, 3.8) is 0 Å². The highest BCUT2D eigenvalue weighted by molar-refractivity contribution is 7.47. The smallest absolute Gasteiger partial charge is 0.472 e. The largest absolute Gasteiger partial charge is 0.478 e. The number of fused-ring (bicyclic) bond motifs is 5. The molecule has 0 aliphatic heterocycles. The van der Waals surface area contributed by atoms with Crippen molar-refractivity contribution in [1.82, 2.24) is 0 Å². The lowest BCUT2D eigenvalue weighted by Gasteiger charge is -2.58. The molecule has 11 atom stereocenters. The number of phosphoric acid groups is 1. The minimum atomic E-state index is -4.56. The first-order valence-electron chi connectivity index (χ1n) is 27.0. The summed E-state index contributed by atoms with van der Waals surface area (Å²) in [7, 11) is 1.29. The normalized spacial score (nSPS) is 29.0. The van der Waals surface area contributed by atoms with Crippen molar-refractivity contribution in [2.45, 2.75) is 233 Å². The molecule has 0 aromatic carbocycles. The Morgan fingerprint density at radius 2 is 1.42 bits per heavy atom. The Morgan fingerprint density at radius 3 is 2.00 bits per heavy atom. The van der Waals surface area contributed by atoms with E-state index in [4.69, 9.17) is 18.5 Å². The number of allylic oxidation sites excluding steroid dienone is 1. The molecule has 3 saturated carbocycles. The molecular weight excluding hydrogens is 838 g/mol. The maximum absolute atomic E-state index is 13.2. The Bertz CT molecular complexity index is 1500. The third-order valence-corrected chi connectivity index (χ3v) is 17.9. The molecule has 65 heavy (non-hydrogen) atoms. The van der Waals surface area contributed by atoms with Crippen LogP contribution in [-0.4, -0.2) is 85.6 Å². The van der Waals surface area contributed by atoms with Gasteiger partial charge in [0.2, 0.25) is 6.10 Å². The van der Waals surface area contributed by atoms with E-state index in [1.807, 2.05) is 21.1 Å². The summed E-state index contributed by atoms with van der Waals surface area (Å²) in [6, 6.07) is 0. The summed E-state index contributed by atoms with van der Waals surface area (Å²) in [4.78, 5) is 36.7. The number of carbonyl (C=O) groups excluding carboxylic acids is 1. The molecule has 0 aromatic heterocycles. The van der Waals surface area contributed by atoms with Crippen molar-refractivity contribution in [3.05, 3.63) is 11.6 Å². The first-order chi connectivity index (χ1) is 30.8. The number of carboxylic acid groups (broad SMARTS) is 1. The molecular formula is C54H99NO9P+. The fourth-order valence-electron chi connectivity index (χ4n) is 13.0. The van der Waals surface area contributed by atoms with Crippen molar-refractivity contribution in [2.75, 3.05) is 40.9 Å². The summed E-state index contributed by atoms with van der Waals surface area (Å²) in [5, 5.41) is 10.5. The van der Waals surface area contributed by atoms with E-state index in [9.17, 15) is 24.2 Å². The van der Waals surface area contributed by atoms with Gasteiger partial charge in [0.15, 0.2) is 0 Å². The topological polar surface area (TPSA) is 129 Å². The Balaban J connectivity index is 1.32. The Hall–Kier alpha value is -1.29. The number of carboxylic acids is 1. The van der Waals surface area contributed by atoms with Gasteiger partial charge in [0.1, 0.15) is 19.3 Å². The number of esters is 1. The quantitative estimate of drug-likeness (QED) is 0.0217. The zero-order chi connectivity index (χ0) is 47.7. The fourth-order valence-corrected chi connectivity index (χ4v) is 13.7. The van der Waals surface area contributed by atoms with Crippen LogP contribution in [0.4, 0.5) is 0 Å². The lowest BCUT2D eigenvalue weighted by atomic mass is 9.47. The van der Waals surface area contributed by atoms with E-state index in [2.05, 4.69) is 47.6 Å². The second-order valence-electron chi connectivity index (χ2n) is 23.4. The number of ether oxygens (including phenoxy) is 2. The number of hydrogen-bond acceptors (Lipinski definition) is 7. The summed E-state index contributed by atoms with van der Waals surface area (Å²) < 4.78 is 36.5. The second kappa shape index (κ2) is 27.2. The number of likely N-dealkylation sites (N-methyl/N-ethyl adjacent to an activating group) is 1. The van der Waals surface area contributed by atoms with Gasteiger partial charge in [0, 0.05) is 6.42 Å². The number of hydrogen-bond donors (Lipinski definition) is 2. The molecule has 0 bridgehead atoms. The molecule has 4 aliphatic rings. The van der Waals surface area contributed by atoms with Crippen molar-refractivity contribution < 1.29 is 47.2 Å². The minimum Gasteiger partial charge on any atom is -0.478 e. The monoisotopic (exact) mass is 937 g/mol. The van der Waals surface area contributed by atoms with Crippen LogP contribution < -0.4 is 0 Å². The molecule has 4 rings (SSSR count). The van der Waals surface area contributed by atoms with Crippen molar-refractivity contribution in [1.29, 1.82) is 0 Å². The molecule has 10 nitrogen and oxygen atoms in total. The number of nitrogens with zero attached hydrogens (tertiary/aromatic N) is 1. The lowest BCUT2D eigenvalue weighted by Crippen LogP contribution is -2.51. The van der Waals surface area contributed by atoms with Crippen LogP contribution in [-0.2, 0) is 32.7 Å². The molecule has 0 spiro atoms. The summed E-state index contributed by atoms with van der Waals surface area (Å²) in [6.07, 6.45) is 30.1. The van der Waals surface area contributed by atoms with Crippen LogP contribution >= 0.6 is 7.82 Å². The van der Waals surface area contributed by atoms with Gasteiger partial charge in [-0.3, -0.25) is 13.8 Å². The summed E-state index contributed by atoms with van der Waals surface area (Å²) in [5.74, 6) is 2.43. The van der Waals surface area contributed by atoms with E-state index in [0.29, 0.717) is 41.1 Å². The maximum atomic E-state index is 13.2. The van der Waals surface area contributed by atoms with Gasteiger partial charge in [-0.2, -0.15) is 0 Å². The minimum absolute atomic E-state index is 0.0189. The molecule has 4 aliphatic carbocycles. The Labute approximate surface area is 397 Å². The van der Waals surface area contributed by atoms with Crippen molar-refractivity contribution in [3.8, 4) is 0 Å². The summed E-state index contributed by atoms with van der Waals surface area (Å²) >= 11 is 0. The van der Waals surface area contributed by atoms with Crippen molar-refractivity contribution in [2.24, 2.45) is 46.3 Å². The first kappa shape index (κ1) is 56.3. The van der Waals surface area contributed by atoms with Crippen LogP contribution in [0.25, 0.3) is 0 Å². The highest BCUT2D eigenvalue weighted by atomic mass is 31.2. The highest BCUT2D eigenvalue weighted by Gasteiger charge is 2.59. The maximum Gasteiger partial charge on any atom is 0.472 e. The van der Waals surface area contributed by atoms with Crippen LogP contribution in [0.2, 0.25) is 0 Å². The van der Waals surface area contributed by atoms with Gasteiger partial charge in [-0.25, -0.2) is 9.36 Å². The van der Waals surface area contributed by atoms with Crippen LogP contribution in [0.1, 0.15) is 215 Å². The SMILES string of the molecule is CCCCCCCCCCCCCCCCCC(=O)OC(C(=O)O)[C@H](COP(=O)(O)OCC[N+](C)(C)C)OC1CC[C@@]2(C)C(=CCC3C2CC[C@@]2(C)C3CC[C@@H]2[C@H](C)CCCC(C)C)C1. The van der Waals surface area contributed by atoms with Crippen LogP contribution in [0.15, 0.2) is 11.6 Å². The van der Waals surface area contributed by atoms with Gasteiger partial charge in [0.05, 0.1) is 33.9 Å². The highest BCUT2D eigenvalue weighted by Crippen LogP contribution is 2.67. The summed E-state index contributed by atoms with van der Waals surface area (Å²) in [6.45, 7) is 14.4. The molecule has 6 unspecified atom stereocenters. The molecule has 0 heterocycles. The third kappa shape index (κ3) is 17.9. The number of carbonyl (C=O) groups is 2. The average Bonchev–Trinajstić information content (AvgIpc) is 3.59. The number of quaternary nitrogens is 1. The van der Waals surface area contributed by atoms with E-state index in [0.717, 1.165) is 62.2 Å². The first-order valence-corrected chi connectivity index (χ1v) is 28.5. The van der Waals surface area contributed by atoms with Crippen LogP contribution in [0, 0.1) is 46.3 Å². The molecule has 11 heteroatoms. The standard InChI is InChI=1S/C54H98NO9P/c1-10-11-12-13-14-15-16-17-18-19-20-21-22-23-24-28-50(56)64-51(52(57)58)49(40-62-65(59,60)61-38-37-55(7,8)9)63-44-33-35-53(5)43(39-44)29-30-45-47-32-31-46(42(4)27-25-26-41(2)3)54(47,6)36-34-48(45)53/h29,41-42,44-49,51H,10-28,30-40H2,1-9H3,(H-,57,58,59,60)/p+1/t42-,44?,45?,46-,47?,48?,49+,51?,53+,54-/m1/s1. The van der Waals surface area contributed by atoms with Crippen LogP contribution in [0.3, 0.4) is 0 Å². The molecule has 2 N–H and O–H groups in total. The molecule has 0 radical (unpaired) electrons. The van der Waals surface area contributed by atoms with Gasteiger partial charge < -0.3 is 24.0 Å². The second-order valence-corrected chi connectivity index (χ2v) is 24.8. The predicted octanol–water partition coefficient (Wildman–Crippen LogP) is 13.9. The van der Waals surface area contributed by atoms with Gasteiger partial charge in [-0.15, -0.1) is 0 Å². The third-order valence-electron chi connectivity index (χ3n) is 16.9. The summed E-state index contributed by atoms with van der Waals surface area (Å²) in [5.41, 5.74) is 1.86. The Morgan fingerprint density at radius 1 is 0.800 bits per heavy atom. The molecule has 378 valence electrons. The molecule has 0 amide bonds. The van der Waals surface area contributed by atoms with Gasteiger partial charge >= 0.3 is 19.8 Å². The van der Waals surface area contributed by atoms with Crippen molar-refractivity contribution >= 4 is 19.8 Å². The fraction of sp³-hybridized carbons (Fsp3) is 0.926. The number of rotatable bonds is 33. The van der Waals surface area contributed by atoms with Crippen LogP contribution in [0.5, 0.6) is 0 Å². The average molecular weight is 937 g/mol. The van der Waals surface area contributed by atoms with Gasteiger partial charge in [-0.05, 0) is 104 Å². The van der Waals surface area contributed by atoms with E-state index >= 15 is 0 Å². The van der Waals surface area contributed by atoms with E-state index in [1.165, 1.54) is 121 Å². The lowest BCUT2D eigenvalue weighted by molar-refractivity contribution is -0.870.